The van der Waals surface area contributed by atoms with Gasteiger partial charge in [0.15, 0.2) is 11.4 Å². The van der Waals surface area contributed by atoms with Crippen LogP contribution in [0.5, 0.6) is 0 Å². The number of benzene rings is 1. The molecule has 0 aliphatic carbocycles. The molecule has 0 spiro atoms. The highest BCUT2D eigenvalue weighted by Crippen LogP contribution is 2.16. The summed E-state index contributed by atoms with van der Waals surface area (Å²) in [4.78, 5) is 29.4. The lowest BCUT2D eigenvalue weighted by molar-refractivity contribution is -0.384. The molecule has 1 heterocycles. The van der Waals surface area contributed by atoms with Crippen molar-refractivity contribution in [3.05, 3.63) is 51.7 Å². The molecule has 1 aromatic carbocycles. The van der Waals surface area contributed by atoms with E-state index in [4.69, 9.17) is 0 Å². The number of carbonyl (C=O) groups is 1. The molecule has 0 fully saturated rings. The summed E-state index contributed by atoms with van der Waals surface area (Å²) in [6, 6.07) is 6.38. The fourth-order valence-corrected chi connectivity index (χ4v) is 2.15. The van der Waals surface area contributed by atoms with Crippen LogP contribution in [0.4, 0.5) is 11.5 Å². The number of hydrogen-bond donors (Lipinski definition) is 1. The molecule has 0 saturated carbocycles. The van der Waals surface area contributed by atoms with Gasteiger partial charge in [-0.1, -0.05) is 23.9 Å². The van der Waals surface area contributed by atoms with E-state index in [-0.39, 0.29) is 5.69 Å². The number of aromatic nitrogens is 2. The smallest absolute Gasteiger partial charge is 0.269 e. The number of hydrogen-bond acceptors (Lipinski definition) is 7. The van der Waals surface area contributed by atoms with Crippen LogP contribution in [0, 0.1) is 10.1 Å². The van der Waals surface area contributed by atoms with Crippen molar-refractivity contribution >= 4 is 29.6 Å². The molecule has 0 amide bonds. The molecule has 2 aromatic rings. The summed E-state index contributed by atoms with van der Waals surface area (Å²) >= 11 is 1.39. The van der Waals surface area contributed by atoms with Gasteiger partial charge in [0.05, 0.1) is 10.5 Å². The number of aldehydes is 1. The van der Waals surface area contributed by atoms with Crippen molar-refractivity contribution in [3.63, 3.8) is 0 Å². The highest BCUT2D eigenvalue weighted by Gasteiger charge is 2.07. The maximum absolute atomic E-state index is 11.0. The van der Waals surface area contributed by atoms with Crippen LogP contribution in [0.15, 0.2) is 35.6 Å². The summed E-state index contributed by atoms with van der Waals surface area (Å²) in [7, 11) is 0. The predicted molar refractivity (Wildman–Crippen MR) is 84.5 cm³/mol. The van der Waals surface area contributed by atoms with Crippen LogP contribution < -0.4 is 5.32 Å². The maximum atomic E-state index is 11.0. The van der Waals surface area contributed by atoms with Crippen LogP contribution in [0.3, 0.4) is 0 Å². The number of thioether (sulfide) groups is 1. The number of rotatable bonds is 7. The second-order valence-corrected chi connectivity index (χ2v) is 5.15. The monoisotopic (exact) mass is 318 g/mol. The van der Waals surface area contributed by atoms with Gasteiger partial charge >= 0.3 is 0 Å². The average molecular weight is 318 g/mol. The van der Waals surface area contributed by atoms with Crippen LogP contribution in [-0.2, 0) is 6.42 Å². The van der Waals surface area contributed by atoms with Crippen molar-refractivity contribution < 1.29 is 9.72 Å². The van der Waals surface area contributed by atoms with Gasteiger partial charge < -0.3 is 5.32 Å². The van der Waals surface area contributed by atoms with Gasteiger partial charge in [0.2, 0.25) is 0 Å². The zero-order valence-electron chi connectivity index (χ0n) is 11.9. The van der Waals surface area contributed by atoms with E-state index in [9.17, 15) is 14.9 Å². The van der Waals surface area contributed by atoms with E-state index >= 15 is 0 Å². The molecule has 7 nitrogen and oxygen atoms in total. The highest BCUT2D eigenvalue weighted by atomic mass is 32.2. The van der Waals surface area contributed by atoms with Crippen molar-refractivity contribution in [2.45, 2.75) is 11.6 Å². The lowest BCUT2D eigenvalue weighted by atomic mass is 10.1. The average Bonchev–Trinajstić information content (AvgIpc) is 2.55. The number of nitro benzene ring substituents is 1. The van der Waals surface area contributed by atoms with E-state index in [1.165, 1.54) is 30.1 Å². The standard InChI is InChI=1S/C14H14N4O3S/c1-22-14-16-8-11(9-19)13(17-14)15-7-6-10-2-4-12(5-3-10)18(20)21/h2-5,8-9H,6-7H2,1H3,(H,15,16,17). The molecule has 114 valence electrons. The second-order valence-electron chi connectivity index (χ2n) is 4.38. The molecule has 0 bridgehead atoms. The van der Waals surface area contributed by atoms with Gasteiger partial charge in [-0.3, -0.25) is 14.9 Å². The Hall–Kier alpha value is -2.48. The zero-order valence-corrected chi connectivity index (χ0v) is 12.7. The van der Waals surface area contributed by atoms with Gasteiger partial charge in [-0.25, -0.2) is 9.97 Å². The molecular formula is C14H14N4O3S. The quantitative estimate of drug-likeness (QED) is 0.275. The summed E-state index contributed by atoms with van der Waals surface area (Å²) in [6.07, 6.45) is 4.71. The number of nitrogens with zero attached hydrogens (tertiary/aromatic N) is 3. The first kappa shape index (κ1) is 15.9. The Morgan fingerprint density at radius 2 is 2.09 bits per heavy atom. The summed E-state index contributed by atoms with van der Waals surface area (Å²) in [5.74, 6) is 0.497. The summed E-state index contributed by atoms with van der Waals surface area (Å²) < 4.78 is 0. The minimum atomic E-state index is -0.427. The number of anilines is 1. The summed E-state index contributed by atoms with van der Waals surface area (Å²) in [5.41, 5.74) is 1.44. The molecule has 22 heavy (non-hydrogen) atoms. The summed E-state index contributed by atoms with van der Waals surface area (Å²) in [6.45, 7) is 0.559. The highest BCUT2D eigenvalue weighted by molar-refractivity contribution is 7.98. The zero-order chi connectivity index (χ0) is 15.9. The molecule has 1 aromatic heterocycles. The van der Waals surface area contributed by atoms with E-state index in [0.717, 1.165) is 5.56 Å². The van der Waals surface area contributed by atoms with E-state index in [1.807, 2.05) is 6.26 Å². The topological polar surface area (TPSA) is 98.0 Å². The van der Waals surface area contributed by atoms with Crippen LogP contribution in [0.25, 0.3) is 0 Å². The van der Waals surface area contributed by atoms with E-state index in [1.54, 1.807) is 12.1 Å². The normalized spacial score (nSPS) is 10.2. The van der Waals surface area contributed by atoms with Crippen LogP contribution in [0.2, 0.25) is 0 Å². The Bertz CT molecular complexity index is 676. The SMILES string of the molecule is CSc1ncc(C=O)c(NCCc2ccc([N+](=O)[O-])cc2)n1. The Labute approximate surface area is 131 Å². The third-order valence-corrected chi connectivity index (χ3v) is 3.52. The number of non-ortho nitro benzene ring substituents is 1. The Morgan fingerprint density at radius 1 is 1.36 bits per heavy atom. The first-order valence-electron chi connectivity index (χ1n) is 6.47. The maximum Gasteiger partial charge on any atom is 0.269 e. The molecule has 0 aliphatic heterocycles. The molecule has 2 rings (SSSR count). The lowest BCUT2D eigenvalue weighted by Gasteiger charge is -2.08. The fourth-order valence-electron chi connectivity index (χ4n) is 1.81. The van der Waals surface area contributed by atoms with E-state index in [0.29, 0.717) is 35.8 Å². The molecule has 0 radical (unpaired) electrons. The first-order valence-corrected chi connectivity index (χ1v) is 7.70. The Balaban J connectivity index is 1.98. The van der Waals surface area contributed by atoms with Gasteiger partial charge in [0.1, 0.15) is 5.82 Å². The largest absolute Gasteiger partial charge is 0.369 e. The number of carbonyl (C=O) groups excluding carboxylic acids is 1. The van der Waals surface area contributed by atoms with Crippen molar-refractivity contribution in [2.24, 2.45) is 0 Å². The molecule has 0 saturated heterocycles. The van der Waals surface area contributed by atoms with Crippen LogP contribution >= 0.6 is 11.8 Å². The lowest BCUT2D eigenvalue weighted by Crippen LogP contribution is -2.09. The minimum Gasteiger partial charge on any atom is -0.369 e. The summed E-state index contributed by atoms with van der Waals surface area (Å²) in [5, 5.41) is 14.3. The Morgan fingerprint density at radius 3 is 2.68 bits per heavy atom. The minimum absolute atomic E-state index is 0.0698. The molecule has 0 unspecified atom stereocenters. The third-order valence-electron chi connectivity index (χ3n) is 2.96. The van der Waals surface area contributed by atoms with E-state index in [2.05, 4.69) is 15.3 Å². The predicted octanol–water partition coefficient (Wildman–Crippen LogP) is 2.57. The molecule has 0 aliphatic rings. The Kier molecular flexibility index (Phi) is 5.42. The molecular weight excluding hydrogens is 304 g/mol. The van der Waals surface area contributed by atoms with Crippen LogP contribution in [-0.4, -0.2) is 34.0 Å². The number of nitro groups is 1. The van der Waals surface area contributed by atoms with Gasteiger partial charge in [-0.05, 0) is 18.2 Å². The third kappa shape index (κ3) is 4.01. The van der Waals surface area contributed by atoms with Crippen molar-refractivity contribution in [2.75, 3.05) is 18.1 Å². The second kappa shape index (κ2) is 7.51. The van der Waals surface area contributed by atoms with Gasteiger partial charge in [-0.2, -0.15) is 0 Å². The molecule has 8 heteroatoms. The molecule has 1 N–H and O–H groups in total. The van der Waals surface area contributed by atoms with Crippen molar-refractivity contribution in [1.82, 2.24) is 9.97 Å². The van der Waals surface area contributed by atoms with Gasteiger partial charge in [0, 0.05) is 24.9 Å². The van der Waals surface area contributed by atoms with E-state index < -0.39 is 4.92 Å². The van der Waals surface area contributed by atoms with Crippen molar-refractivity contribution in [1.29, 1.82) is 0 Å². The number of nitrogens with one attached hydrogen (secondary N) is 1. The van der Waals surface area contributed by atoms with Gasteiger partial charge in [-0.15, -0.1) is 0 Å². The fraction of sp³-hybridized carbons (Fsp3) is 0.214. The van der Waals surface area contributed by atoms with Crippen LogP contribution in [0.1, 0.15) is 15.9 Å². The molecule has 0 atom stereocenters. The van der Waals surface area contributed by atoms with Crippen molar-refractivity contribution in [3.8, 4) is 0 Å². The first-order chi connectivity index (χ1) is 10.6. The van der Waals surface area contributed by atoms with Gasteiger partial charge in [0.25, 0.3) is 5.69 Å².